The first kappa shape index (κ1) is 27.6. The molecule has 1 aromatic carbocycles. The number of ketones is 1. The van der Waals surface area contributed by atoms with E-state index in [9.17, 15) is 19.2 Å². The maximum Gasteiger partial charge on any atom is 0.247 e. The van der Waals surface area contributed by atoms with Crippen LogP contribution in [0.15, 0.2) is 30.3 Å². The standard InChI is InChI=1S/C26H36N4O6S/c1-17(27-21(31)15-29-9-11-35-12-10-29)23(33)28-19-14-26(3,37)30(24(19)34)20(22(32)25(2)16-36-25)13-18-7-5-4-6-8-18/h4-8,17,19-20,37H,9-16H2,1-3H3,(H,27,31)(H,28,33)/t17-,19-,20-,25+,26?/m0/s1. The number of carbonyl (C=O) groups excluding carboxylic acids is 4. The van der Waals surface area contributed by atoms with Gasteiger partial charge in [0, 0.05) is 25.9 Å². The van der Waals surface area contributed by atoms with Crippen LogP contribution >= 0.6 is 12.6 Å². The largest absolute Gasteiger partial charge is 0.379 e. The Morgan fingerprint density at radius 1 is 1.16 bits per heavy atom. The van der Waals surface area contributed by atoms with Crippen molar-refractivity contribution in [3.63, 3.8) is 0 Å². The average molecular weight is 533 g/mol. The van der Waals surface area contributed by atoms with Gasteiger partial charge in [-0.05, 0) is 26.3 Å². The Morgan fingerprint density at radius 3 is 2.43 bits per heavy atom. The number of thiol groups is 1. The minimum absolute atomic E-state index is 0.177. The molecule has 0 bridgehead atoms. The van der Waals surface area contributed by atoms with Crippen molar-refractivity contribution in [1.82, 2.24) is 20.4 Å². The zero-order valence-electron chi connectivity index (χ0n) is 21.6. The summed E-state index contributed by atoms with van der Waals surface area (Å²) >= 11 is 4.76. The van der Waals surface area contributed by atoms with Gasteiger partial charge in [0.25, 0.3) is 0 Å². The molecule has 202 valence electrons. The van der Waals surface area contributed by atoms with Gasteiger partial charge in [-0.2, -0.15) is 12.6 Å². The van der Waals surface area contributed by atoms with Gasteiger partial charge in [0.1, 0.15) is 17.7 Å². The number of likely N-dealkylation sites (tertiary alicyclic amines) is 1. The Hall–Kier alpha value is -2.47. The van der Waals surface area contributed by atoms with Gasteiger partial charge in [0.05, 0.1) is 37.3 Å². The van der Waals surface area contributed by atoms with E-state index in [2.05, 4.69) is 10.6 Å². The van der Waals surface area contributed by atoms with Gasteiger partial charge in [0.2, 0.25) is 17.7 Å². The number of morpholine rings is 1. The Labute approximate surface area is 222 Å². The molecule has 0 spiro atoms. The van der Waals surface area contributed by atoms with Crippen LogP contribution in [0, 0.1) is 0 Å². The zero-order valence-corrected chi connectivity index (χ0v) is 22.5. The van der Waals surface area contributed by atoms with E-state index in [0.717, 1.165) is 5.56 Å². The smallest absolute Gasteiger partial charge is 0.247 e. The lowest BCUT2D eigenvalue weighted by Crippen LogP contribution is -2.56. The first-order valence-electron chi connectivity index (χ1n) is 12.7. The highest BCUT2D eigenvalue weighted by Gasteiger charge is 2.57. The fraction of sp³-hybridized carbons (Fsp3) is 0.615. The van der Waals surface area contributed by atoms with Crippen molar-refractivity contribution in [3.8, 4) is 0 Å². The van der Waals surface area contributed by atoms with E-state index in [1.54, 1.807) is 20.8 Å². The molecule has 0 aromatic heterocycles. The molecule has 3 fully saturated rings. The highest BCUT2D eigenvalue weighted by molar-refractivity contribution is 7.81. The number of epoxide rings is 1. The fourth-order valence-electron chi connectivity index (χ4n) is 4.93. The predicted octanol–water partition coefficient (Wildman–Crippen LogP) is 0.156. The van der Waals surface area contributed by atoms with Crippen molar-refractivity contribution in [2.75, 3.05) is 39.5 Å². The summed E-state index contributed by atoms with van der Waals surface area (Å²) in [5, 5.41) is 5.47. The molecule has 0 radical (unpaired) electrons. The molecule has 37 heavy (non-hydrogen) atoms. The number of Topliss-reactive ketones (excluding diaryl/α,β-unsaturated/α-hetero) is 1. The second kappa shape index (κ2) is 11.1. The van der Waals surface area contributed by atoms with Crippen LogP contribution in [0.5, 0.6) is 0 Å². The van der Waals surface area contributed by atoms with Crippen molar-refractivity contribution in [2.24, 2.45) is 0 Å². The molecule has 0 saturated carbocycles. The number of amides is 3. The fourth-order valence-corrected chi connectivity index (χ4v) is 5.35. The number of benzene rings is 1. The van der Waals surface area contributed by atoms with Crippen LogP contribution in [-0.2, 0) is 35.1 Å². The maximum absolute atomic E-state index is 13.6. The molecule has 3 heterocycles. The zero-order chi connectivity index (χ0) is 26.8. The van der Waals surface area contributed by atoms with E-state index in [0.29, 0.717) is 39.3 Å². The molecule has 2 N–H and O–H groups in total. The third kappa shape index (κ3) is 6.51. The highest BCUT2D eigenvalue weighted by Crippen LogP contribution is 2.39. The van der Waals surface area contributed by atoms with Crippen LogP contribution in [0.2, 0.25) is 0 Å². The van der Waals surface area contributed by atoms with Crippen LogP contribution in [0.4, 0.5) is 0 Å². The summed E-state index contributed by atoms with van der Waals surface area (Å²) in [5.74, 6) is -1.30. The minimum atomic E-state index is -0.974. The topological polar surface area (TPSA) is 121 Å². The van der Waals surface area contributed by atoms with E-state index >= 15 is 0 Å². The predicted molar refractivity (Wildman–Crippen MR) is 139 cm³/mol. The van der Waals surface area contributed by atoms with E-state index < -0.39 is 34.5 Å². The second-order valence-corrected chi connectivity index (χ2v) is 11.4. The number of hydrogen-bond acceptors (Lipinski definition) is 8. The quantitative estimate of drug-likeness (QED) is 0.290. The van der Waals surface area contributed by atoms with Crippen LogP contribution in [0.25, 0.3) is 0 Å². The van der Waals surface area contributed by atoms with Crippen LogP contribution < -0.4 is 10.6 Å². The minimum Gasteiger partial charge on any atom is -0.379 e. The molecule has 0 aliphatic carbocycles. The van der Waals surface area contributed by atoms with E-state index in [4.69, 9.17) is 22.1 Å². The number of nitrogens with one attached hydrogen (secondary N) is 2. The molecule has 1 aromatic rings. The summed E-state index contributed by atoms with van der Waals surface area (Å²) in [5.41, 5.74) is -0.0179. The monoisotopic (exact) mass is 532 g/mol. The molecule has 5 atom stereocenters. The van der Waals surface area contributed by atoms with Crippen LogP contribution in [0.3, 0.4) is 0 Å². The maximum atomic E-state index is 13.6. The lowest BCUT2D eigenvalue weighted by atomic mass is 9.93. The van der Waals surface area contributed by atoms with E-state index in [1.165, 1.54) is 4.90 Å². The van der Waals surface area contributed by atoms with Crippen molar-refractivity contribution in [3.05, 3.63) is 35.9 Å². The summed E-state index contributed by atoms with van der Waals surface area (Å²) < 4.78 is 10.7. The summed E-state index contributed by atoms with van der Waals surface area (Å²) in [6.07, 6.45) is 0.528. The lowest BCUT2D eigenvalue weighted by molar-refractivity contribution is -0.142. The van der Waals surface area contributed by atoms with Gasteiger partial charge in [-0.1, -0.05) is 30.3 Å². The number of nitrogens with zero attached hydrogens (tertiary/aromatic N) is 2. The molecule has 11 heteroatoms. The van der Waals surface area contributed by atoms with Crippen molar-refractivity contribution in [2.45, 2.75) is 62.2 Å². The Balaban J connectivity index is 1.42. The first-order valence-corrected chi connectivity index (χ1v) is 13.1. The average Bonchev–Trinajstić information content (AvgIpc) is 3.56. The molecule has 1 unspecified atom stereocenters. The number of hydrogen-bond donors (Lipinski definition) is 3. The van der Waals surface area contributed by atoms with Crippen molar-refractivity contribution < 1.29 is 28.7 Å². The van der Waals surface area contributed by atoms with E-state index in [-0.39, 0.29) is 30.6 Å². The molecule has 3 aliphatic heterocycles. The summed E-state index contributed by atoms with van der Waals surface area (Å²) in [7, 11) is 0. The molecular formula is C26H36N4O6S. The number of rotatable bonds is 10. The highest BCUT2D eigenvalue weighted by atomic mass is 32.1. The molecule has 3 aliphatic rings. The van der Waals surface area contributed by atoms with Gasteiger partial charge in [-0.3, -0.25) is 24.1 Å². The summed E-state index contributed by atoms with van der Waals surface area (Å²) in [6, 6.07) is 6.99. The second-order valence-electron chi connectivity index (χ2n) is 10.5. The van der Waals surface area contributed by atoms with Gasteiger partial charge >= 0.3 is 0 Å². The van der Waals surface area contributed by atoms with Crippen molar-refractivity contribution in [1.29, 1.82) is 0 Å². The van der Waals surface area contributed by atoms with Gasteiger partial charge in [-0.15, -0.1) is 0 Å². The normalized spacial score (nSPS) is 29.5. The lowest BCUT2D eigenvalue weighted by Gasteiger charge is -2.37. The Bertz CT molecular complexity index is 1030. The van der Waals surface area contributed by atoms with Gasteiger partial charge in [0.15, 0.2) is 5.78 Å². The van der Waals surface area contributed by atoms with Gasteiger partial charge in [-0.25, -0.2) is 0 Å². The molecule has 3 saturated heterocycles. The molecule has 3 amide bonds. The Kier molecular flexibility index (Phi) is 8.27. The SMILES string of the molecule is C[C@H](NC(=O)CN1CCOCC1)C(=O)N[C@H]1CC(C)(S)N([C@@H](Cc2ccccc2)C(=O)[C@@]2(C)CO2)C1=O. The first-order chi connectivity index (χ1) is 17.5. The number of carbonyl (C=O) groups is 4. The Morgan fingerprint density at radius 2 is 1.81 bits per heavy atom. The summed E-state index contributed by atoms with van der Waals surface area (Å²) in [4.78, 5) is 54.9. The number of ether oxygens (including phenoxy) is 2. The van der Waals surface area contributed by atoms with Crippen LogP contribution in [0.1, 0.15) is 32.8 Å². The molecular weight excluding hydrogens is 496 g/mol. The van der Waals surface area contributed by atoms with Gasteiger partial charge < -0.3 is 25.0 Å². The van der Waals surface area contributed by atoms with E-state index in [1.807, 2.05) is 35.2 Å². The summed E-state index contributed by atoms with van der Waals surface area (Å²) in [6.45, 7) is 8.04. The molecule has 10 nitrogen and oxygen atoms in total. The van der Waals surface area contributed by atoms with Crippen LogP contribution in [-0.4, -0.2) is 101 Å². The van der Waals surface area contributed by atoms with Crippen molar-refractivity contribution >= 4 is 36.1 Å². The molecule has 4 rings (SSSR count). The third-order valence-electron chi connectivity index (χ3n) is 7.19. The third-order valence-corrected chi connectivity index (χ3v) is 7.59.